The number of carboxylic acid groups (broad SMARTS) is 1. The van der Waals surface area contributed by atoms with Crippen LogP contribution in [-0.4, -0.2) is 68.4 Å². The number of H-pyrrole nitrogens is 1. The number of nitrogens with zero attached hydrogens (tertiary/aromatic N) is 2. The number of benzene rings is 3. The summed E-state index contributed by atoms with van der Waals surface area (Å²) in [5, 5.41) is 16.9. The van der Waals surface area contributed by atoms with E-state index in [1.807, 2.05) is 30.3 Å². The third kappa shape index (κ3) is 6.34. The zero-order valence-electron chi connectivity index (χ0n) is 24.1. The predicted molar refractivity (Wildman–Crippen MR) is 171 cm³/mol. The Hall–Kier alpha value is -4.54. The van der Waals surface area contributed by atoms with Crippen LogP contribution >= 0.6 is 23.2 Å². The van der Waals surface area contributed by atoms with Gasteiger partial charge in [0.15, 0.2) is 0 Å². The number of carbonyl (C=O) groups excluding carboxylic acids is 3. The predicted octanol–water partition coefficient (Wildman–Crippen LogP) is 5.24. The molecule has 0 bridgehead atoms. The topological polar surface area (TPSA) is 135 Å². The molecule has 232 valence electrons. The molecule has 4 amide bonds. The second-order valence-corrected chi connectivity index (χ2v) is 12.1. The number of fused-ring (bicyclic) bond motifs is 3. The maximum Gasteiger partial charge on any atom is 0.326 e. The highest BCUT2D eigenvalue weighted by atomic mass is 35.5. The minimum Gasteiger partial charge on any atom is -0.480 e. The Morgan fingerprint density at radius 3 is 2.44 bits per heavy atom. The summed E-state index contributed by atoms with van der Waals surface area (Å²) in [7, 11) is 0. The van der Waals surface area contributed by atoms with E-state index in [0.717, 1.165) is 27.7 Å². The van der Waals surface area contributed by atoms with Crippen molar-refractivity contribution < 1.29 is 24.3 Å². The van der Waals surface area contributed by atoms with Gasteiger partial charge in [-0.2, -0.15) is 0 Å². The summed E-state index contributed by atoms with van der Waals surface area (Å²) in [6.45, 7) is 0.448. The molecule has 2 aliphatic rings. The molecule has 3 aromatic carbocycles. The van der Waals surface area contributed by atoms with Gasteiger partial charge in [0.05, 0.1) is 16.6 Å². The van der Waals surface area contributed by atoms with Crippen molar-refractivity contribution in [3.63, 3.8) is 0 Å². The Bertz CT molecular complexity index is 1780. The Labute approximate surface area is 269 Å². The molecule has 0 unspecified atom stereocenters. The Morgan fingerprint density at radius 1 is 0.933 bits per heavy atom. The normalized spacial score (nSPS) is 18.4. The summed E-state index contributed by atoms with van der Waals surface area (Å²) in [6, 6.07) is 18.1. The number of aliphatic carboxylic acids is 1. The number of hydrogen-bond donors (Lipinski definition) is 4. The van der Waals surface area contributed by atoms with E-state index in [2.05, 4.69) is 15.6 Å². The highest BCUT2D eigenvalue weighted by Gasteiger charge is 2.43. The first-order valence-electron chi connectivity index (χ1n) is 14.7. The fourth-order valence-corrected chi connectivity index (χ4v) is 6.52. The second-order valence-electron chi connectivity index (χ2n) is 11.3. The number of rotatable bonds is 7. The first kappa shape index (κ1) is 30.5. The highest BCUT2D eigenvalue weighted by molar-refractivity contribution is 6.42. The molecule has 0 aliphatic carbocycles. The number of aromatic nitrogens is 1. The van der Waals surface area contributed by atoms with Crippen LogP contribution in [0.5, 0.6) is 0 Å². The van der Waals surface area contributed by atoms with Gasteiger partial charge in [-0.15, -0.1) is 0 Å². The lowest BCUT2D eigenvalue weighted by Gasteiger charge is -2.38. The number of likely N-dealkylation sites (tertiary alicyclic amines) is 1. The number of halogens is 2. The van der Waals surface area contributed by atoms with Crippen LogP contribution in [0.3, 0.4) is 0 Å². The van der Waals surface area contributed by atoms with Crippen molar-refractivity contribution in [2.24, 2.45) is 0 Å². The third-order valence-electron chi connectivity index (χ3n) is 8.46. The van der Waals surface area contributed by atoms with Gasteiger partial charge in [-0.3, -0.25) is 9.59 Å². The SMILES string of the molecule is O=C(O)[C@H](Cc1ccccc1)NC(=O)[C@@H]1CCCN1C(=O)[C@H]1Cc2c([nH]c3ccccc23)CN1C(=O)Nc1ccc(Cl)c(Cl)c1. The van der Waals surface area contributed by atoms with Gasteiger partial charge in [0.25, 0.3) is 0 Å². The van der Waals surface area contributed by atoms with E-state index in [1.165, 1.54) is 15.9 Å². The molecule has 3 atom stereocenters. The van der Waals surface area contributed by atoms with Gasteiger partial charge in [-0.1, -0.05) is 71.7 Å². The number of aromatic amines is 1. The Kier molecular flexibility index (Phi) is 8.69. The zero-order chi connectivity index (χ0) is 31.7. The minimum absolute atomic E-state index is 0.108. The first-order valence-corrected chi connectivity index (χ1v) is 15.4. The van der Waals surface area contributed by atoms with E-state index in [-0.39, 0.29) is 30.3 Å². The van der Waals surface area contributed by atoms with Crippen molar-refractivity contribution >= 4 is 63.6 Å². The van der Waals surface area contributed by atoms with Crippen LogP contribution in [0.15, 0.2) is 72.8 Å². The number of carboxylic acids is 1. The number of hydrogen-bond acceptors (Lipinski definition) is 4. The van der Waals surface area contributed by atoms with E-state index in [4.69, 9.17) is 23.2 Å². The van der Waals surface area contributed by atoms with E-state index in [1.54, 1.807) is 36.4 Å². The number of anilines is 1. The number of urea groups is 1. The molecule has 12 heteroatoms. The summed E-state index contributed by atoms with van der Waals surface area (Å²) in [5.41, 5.74) is 3.85. The number of nitrogens with one attached hydrogen (secondary N) is 3. The van der Waals surface area contributed by atoms with Gasteiger partial charge in [-0.05, 0) is 48.2 Å². The Balaban J connectivity index is 1.26. The average molecular weight is 649 g/mol. The van der Waals surface area contributed by atoms with E-state index in [9.17, 15) is 24.3 Å². The molecule has 3 heterocycles. The van der Waals surface area contributed by atoms with Crippen LogP contribution in [0, 0.1) is 0 Å². The fourth-order valence-electron chi connectivity index (χ4n) is 6.22. The van der Waals surface area contributed by atoms with E-state index in [0.29, 0.717) is 30.1 Å². The standard InChI is InChI=1S/C33H31Cl2N5O5/c34-23-13-12-20(16-24(23)35)36-33(45)40-18-27-22(21-9-4-5-10-25(21)37-27)17-29(40)31(42)39-14-6-11-28(39)30(41)38-26(32(43)44)15-19-7-2-1-3-8-19/h1-5,7-10,12-13,16,26,28-29,37H,6,11,14-15,17-18H2,(H,36,45)(H,38,41)(H,43,44)/t26-,28-,29+/m0/s1. The maximum absolute atomic E-state index is 14.3. The van der Waals surface area contributed by atoms with Crippen molar-refractivity contribution in [1.29, 1.82) is 0 Å². The number of amides is 4. The molecule has 1 saturated heterocycles. The molecule has 6 rings (SSSR count). The van der Waals surface area contributed by atoms with E-state index < -0.39 is 36.0 Å². The summed E-state index contributed by atoms with van der Waals surface area (Å²) in [5.74, 6) is -2.06. The van der Waals surface area contributed by atoms with Gasteiger partial charge in [-0.25, -0.2) is 9.59 Å². The molecule has 0 radical (unpaired) electrons. The molecule has 1 aromatic heterocycles. The lowest BCUT2D eigenvalue weighted by atomic mass is 9.95. The lowest BCUT2D eigenvalue weighted by molar-refractivity contribution is -0.145. The summed E-state index contributed by atoms with van der Waals surface area (Å²) in [6.07, 6.45) is 1.30. The quantitative estimate of drug-likeness (QED) is 0.218. The van der Waals surface area contributed by atoms with Crippen molar-refractivity contribution in [2.45, 2.75) is 50.4 Å². The maximum atomic E-state index is 14.3. The number of para-hydroxylation sites is 1. The van der Waals surface area contributed by atoms with Gasteiger partial charge >= 0.3 is 12.0 Å². The third-order valence-corrected chi connectivity index (χ3v) is 9.20. The number of carbonyl (C=O) groups is 4. The van der Waals surface area contributed by atoms with Crippen LogP contribution < -0.4 is 10.6 Å². The monoisotopic (exact) mass is 647 g/mol. The zero-order valence-corrected chi connectivity index (χ0v) is 25.6. The molecule has 0 saturated carbocycles. The lowest BCUT2D eigenvalue weighted by Crippen LogP contribution is -2.58. The highest BCUT2D eigenvalue weighted by Crippen LogP contribution is 2.33. The van der Waals surface area contributed by atoms with Crippen molar-refractivity contribution in [2.75, 3.05) is 11.9 Å². The summed E-state index contributed by atoms with van der Waals surface area (Å²) < 4.78 is 0. The molecular formula is C33H31Cl2N5O5. The van der Waals surface area contributed by atoms with Crippen LogP contribution in [-0.2, 0) is 33.8 Å². The minimum atomic E-state index is -1.16. The van der Waals surface area contributed by atoms with Crippen LogP contribution in [0.2, 0.25) is 10.0 Å². The molecule has 2 aliphatic heterocycles. The van der Waals surface area contributed by atoms with Crippen molar-refractivity contribution in [3.05, 3.63) is 99.7 Å². The fraction of sp³-hybridized carbons (Fsp3) is 0.273. The smallest absolute Gasteiger partial charge is 0.326 e. The molecule has 10 nitrogen and oxygen atoms in total. The Morgan fingerprint density at radius 2 is 1.69 bits per heavy atom. The first-order chi connectivity index (χ1) is 21.7. The van der Waals surface area contributed by atoms with E-state index >= 15 is 0 Å². The summed E-state index contributed by atoms with van der Waals surface area (Å²) in [4.78, 5) is 60.0. The van der Waals surface area contributed by atoms with Gasteiger partial charge < -0.3 is 30.5 Å². The molecular weight excluding hydrogens is 617 g/mol. The van der Waals surface area contributed by atoms with Crippen molar-refractivity contribution in [3.8, 4) is 0 Å². The molecule has 4 N–H and O–H groups in total. The van der Waals surface area contributed by atoms with Crippen LogP contribution in [0.1, 0.15) is 29.7 Å². The average Bonchev–Trinajstić information content (AvgIpc) is 3.67. The van der Waals surface area contributed by atoms with Gasteiger partial charge in [0.1, 0.15) is 18.1 Å². The second kappa shape index (κ2) is 12.8. The van der Waals surface area contributed by atoms with Gasteiger partial charge in [0, 0.05) is 41.7 Å². The van der Waals surface area contributed by atoms with Crippen molar-refractivity contribution in [1.82, 2.24) is 20.1 Å². The summed E-state index contributed by atoms with van der Waals surface area (Å²) >= 11 is 12.2. The van der Waals surface area contributed by atoms with Crippen LogP contribution in [0.25, 0.3) is 10.9 Å². The molecule has 0 spiro atoms. The molecule has 1 fully saturated rings. The molecule has 45 heavy (non-hydrogen) atoms. The van der Waals surface area contributed by atoms with Crippen LogP contribution in [0.4, 0.5) is 10.5 Å². The largest absolute Gasteiger partial charge is 0.480 e. The molecule has 4 aromatic rings. The van der Waals surface area contributed by atoms with Gasteiger partial charge in [0.2, 0.25) is 11.8 Å².